The Hall–Kier alpha value is -7.33. The van der Waals surface area contributed by atoms with Crippen LogP contribution in [0.15, 0.2) is 194 Å². The summed E-state index contributed by atoms with van der Waals surface area (Å²) in [5, 5.41) is 2.22. The summed E-state index contributed by atoms with van der Waals surface area (Å²) in [7, 11) is 0. The Balaban J connectivity index is 0.00000539. The molecule has 0 bridgehead atoms. The Labute approximate surface area is 413 Å². The van der Waals surface area contributed by atoms with Crippen LogP contribution in [0.4, 0.5) is 0 Å². The average molecular weight is 1060 g/mol. The van der Waals surface area contributed by atoms with E-state index in [9.17, 15) is 0 Å². The Morgan fingerprint density at radius 2 is 1.21 bits per heavy atom. The zero-order valence-electron chi connectivity index (χ0n) is 38.8. The van der Waals surface area contributed by atoms with Gasteiger partial charge in [0.2, 0.25) is 0 Å². The largest absolute Gasteiger partial charge is 0.510 e. The Morgan fingerprint density at radius 3 is 1.90 bits per heavy atom. The van der Waals surface area contributed by atoms with Crippen molar-refractivity contribution in [2.75, 3.05) is 0 Å². The van der Waals surface area contributed by atoms with Gasteiger partial charge in [-0.2, -0.15) is 18.2 Å². The van der Waals surface area contributed by atoms with Gasteiger partial charge in [-0.1, -0.05) is 186 Å². The molecule has 336 valence electrons. The van der Waals surface area contributed by atoms with E-state index >= 15 is 0 Å². The van der Waals surface area contributed by atoms with Gasteiger partial charge in [0.25, 0.3) is 6.33 Å². The van der Waals surface area contributed by atoms with E-state index in [1.165, 1.54) is 16.7 Å². The molecule has 0 N–H and O–H groups in total. The smallest absolute Gasteiger partial charge is 0.268 e. The molecule has 0 amide bonds. The van der Waals surface area contributed by atoms with Gasteiger partial charge < -0.3 is 13.9 Å². The van der Waals surface area contributed by atoms with Crippen LogP contribution in [-0.4, -0.2) is 14.1 Å². The summed E-state index contributed by atoms with van der Waals surface area (Å²) in [6.07, 6.45) is 6.74. The summed E-state index contributed by atoms with van der Waals surface area (Å²) in [6.45, 7) is 11.3. The summed E-state index contributed by atoms with van der Waals surface area (Å²) >= 11 is 0. The molecule has 0 aliphatic heterocycles. The van der Waals surface area contributed by atoms with Gasteiger partial charge in [0, 0.05) is 49.8 Å². The number of pyridine rings is 1. The molecule has 5 nitrogen and oxygen atoms in total. The van der Waals surface area contributed by atoms with E-state index in [1.807, 2.05) is 18.2 Å². The van der Waals surface area contributed by atoms with E-state index in [4.69, 9.17) is 9.72 Å². The first kappa shape index (κ1) is 44.5. The van der Waals surface area contributed by atoms with Crippen LogP contribution >= 0.6 is 0 Å². The van der Waals surface area contributed by atoms with E-state index in [0.29, 0.717) is 17.4 Å². The van der Waals surface area contributed by atoms with Crippen molar-refractivity contribution < 1.29 is 30.4 Å². The number of rotatable bonds is 10. The summed E-state index contributed by atoms with van der Waals surface area (Å²) in [5.41, 5.74) is 15.3. The van der Waals surface area contributed by atoms with E-state index in [0.717, 1.165) is 84.3 Å². The minimum atomic E-state index is 0. The molecular formula is C62H50N4OPt-2. The minimum Gasteiger partial charge on any atom is -0.510 e. The van der Waals surface area contributed by atoms with Crippen molar-refractivity contribution in [2.45, 2.75) is 46.5 Å². The van der Waals surface area contributed by atoms with Gasteiger partial charge in [-0.25, -0.2) is 4.98 Å². The fraction of sp³-hybridized carbons (Fsp3) is 0.129. The number of para-hydroxylation sites is 4. The fourth-order valence-electron chi connectivity index (χ4n) is 9.43. The van der Waals surface area contributed by atoms with Crippen LogP contribution in [0.3, 0.4) is 0 Å². The number of hydrogen-bond acceptors (Lipinski definition) is 2. The molecule has 0 radical (unpaired) electrons. The van der Waals surface area contributed by atoms with E-state index in [-0.39, 0.29) is 26.5 Å². The maximum Gasteiger partial charge on any atom is 0.268 e. The van der Waals surface area contributed by atoms with Crippen molar-refractivity contribution in [1.29, 1.82) is 0 Å². The molecule has 0 saturated heterocycles. The molecule has 3 aromatic heterocycles. The standard InChI is InChI=1S/C62H50N4O.Pt/c1-42(2)36-46-37-60(63-40-55(46)45-30-32-47(33-31-45)62(3,4)5)66-56-27-13-12-24-53(56)54-35-34-50(39-59(54)66)67-49-23-16-22-48(38-49)64-41-65(58-29-15-14-28-57(58)64)61-51(43-18-8-6-9-19-43)25-17-26-52(61)44-20-10-7-11-21-44;/h6-35,37,40,42H,36H2,1-5H3;/q-2;. The molecule has 0 atom stereocenters. The predicted molar refractivity (Wildman–Crippen MR) is 274 cm³/mol. The number of nitrogens with zero attached hydrogens (tertiary/aromatic N) is 4. The average Bonchev–Trinajstić information content (AvgIpc) is 3.90. The first-order chi connectivity index (χ1) is 32.7. The Kier molecular flexibility index (Phi) is 12.0. The van der Waals surface area contributed by atoms with Gasteiger partial charge in [-0.05, 0) is 79.9 Å². The minimum absolute atomic E-state index is 0. The van der Waals surface area contributed by atoms with Crippen molar-refractivity contribution >= 4 is 32.8 Å². The first-order valence-electron chi connectivity index (χ1n) is 23.1. The molecule has 0 aliphatic carbocycles. The number of hydrogen-bond donors (Lipinski definition) is 0. The molecule has 0 saturated carbocycles. The van der Waals surface area contributed by atoms with Gasteiger partial charge in [-0.3, -0.25) is 4.57 Å². The second-order valence-electron chi connectivity index (χ2n) is 18.8. The van der Waals surface area contributed by atoms with Crippen LogP contribution in [0.25, 0.3) is 83.4 Å². The zero-order chi connectivity index (χ0) is 45.6. The third-order valence-electron chi connectivity index (χ3n) is 12.7. The summed E-state index contributed by atoms with van der Waals surface area (Å²) < 4.78 is 13.2. The predicted octanol–water partition coefficient (Wildman–Crippen LogP) is 15.1. The monoisotopic (exact) mass is 1060 g/mol. The Morgan fingerprint density at radius 1 is 0.588 bits per heavy atom. The van der Waals surface area contributed by atoms with Gasteiger partial charge in [0.15, 0.2) is 0 Å². The number of aromatic nitrogens is 4. The van der Waals surface area contributed by atoms with Crippen LogP contribution in [-0.2, 0) is 32.9 Å². The zero-order valence-corrected chi connectivity index (χ0v) is 41.0. The van der Waals surface area contributed by atoms with Crippen molar-refractivity contribution in [3.8, 4) is 62.1 Å². The molecule has 68 heavy (non-hydrogen) atoms. The first-order valence-corrected chi connectivity index (χ1v) is 23.1. The van der Waals surface area contributed by atoms with Crippen LogP contribution < -0.4 is 9.30 Å². The third kappa shape index (κ3) is 8.37. The molecule has 8 aromatic carbocycles. The number of fused-ring (bicyclic) bond motifs is 4. The number of imidazole rings is 1. The van der Waals surface area contributed by atoms with Gasteiger partial charge >= 0.3 is 0 Å². The molecule has 11 aromatic rings. The molecule has 0 fully saturated rings. The Bertz CT molecular complexity index is 3530. The van der Waals surface area contributed by atoms with Gasteiger partial charge in [0.1, 0.15) is 5.82 Å². The summed E-state index contributed by atoms with van der Waals surface area (Å²) in [5.74, 6) is 2.47. The second kappa shape index (κ2) is 18.4. The second-order valence-corrected chi connectivity index (χ2v) is 18.8. The third-order valence-corrected chi connectivity index (χ3v) is 12.7. The maximum atomic E-state index is 6.70. The van der Waals surface area contributed by atoms with Crippen molar-refractivity contribution in [2.24, 2.45) is 5.92 Å². The van der Waals surface area contributed by atoms with Crippen molar-refractivity contribution in [3.63, 3.8) is 0 Å². The van der Waals surface area contributed by atoms with Crippen LogP contribution in [0.2, 0.25) is 0 Å². The van der Waals surface area contributed by atoms with Gasteiger partial charge in [-0.15, -0.1) is 29.7 Å². The van der Waals surface area contributed by atoms with E-state index in [1.54, 1.807) is 0 Å². The fourth-order valence-corrected chi connectivity index (χ4v) is 9.43. The molecule has 0 unspecified atom stereocenters. The molecule has 6 heteroatoms. The van der Waals surface area contributed by atoms with Crippen LogP contribution in [0.1, 0.15) is 45.7 Å². The summed E-state index contributed by atoms with van der Waals surface area (Å²) in [4.78, 5) is 5.18. The summed E-state index contributed by atoms with van der Waals surface area (Å²) in [6, 6.07) is 73.3. The van der Waals surface area contributed by atoms with Crippen LogP contribution in [0, 0.1) is 24.4 Å². The van der Waals surface area contributed by atoms with Gasteiger partial charge in [0.05, 0.1) is 16.7 Å². The van der Waals surface area contributed by atoms with Crippen LogP contribution in [0.5, 0.6) is 11.5 Å². The van der Waals surface area contributed by atoms with E-state index < -0.39 is 0 Å². The normalized spacial score (nSPS) is 11.7. The molecule has 3 heterocycles. The van der Waals surface area contributed by atoms with Crippen molar-refractivity contribution in [1.82, 2.24) is 14.1 Å². The molecule has 11 rings (SSSR count). The van der Waals surface area contributed by atoms with Crippen molar-refractivity contribution in [3.05, 3.63) is 224 Å². The molecule has 0 aliphatic rings. The topological polar surface area (TPSA) is 35.9 Å². The molecule has 0 spiro atoms. The maximum absolute atomic E-state index is 6.70. The quantitative estimate of drug-likeness (QED) is 0.101. The number of benzene rings is 8. The number of ether oxygens (including phenoxy) is 1. The molecular weight excluding hydrogens is 1010 g/mol. The SMILES string of the molecule is CC(C)Cc1cc(-n2c3[c-]c(Oc4[c-]c(-n5[c-][n+](-c6c(-c7ccccc7)cccc6-c6ccccc6)c6ccccc65)ccc4)ccc3c3ccccc32)ncc1-c1ccc(C(C)(C)C)cc1.[Pt]. The van der Waals surface area contributed by atoms with E-state index in [2.05, 4.69) is 243 Å².